The Morgan fingerprint density at radius 2 is 1.94 bits per heavy atom. The molecule has 0 aromatic heterocycles. The van der Waals surface area contributed by atoms with Crippen LogP contribution in [0.15, 0.2) is 30.3 Å². The van der Waals surface area contributed by atoms with Gasteiger partial charge in [0.2, 0.25) is 0 Å². The molecule has 0 aliphatic heterocycles. The van der Waals surface area contributed by atoms with Gasteiger partial charge >= 0.3 is 29.6 Å². The molecular formula is C12H9NaO3. The molecule has 0 amide bonds. The molecule has 0 aliphatic carbocycles. The summed E-state index contributed by atoms with van der Waals surface area (Å²) in [5.74, 6) is -1.57. The van der Waals surface area contributed by atoms with Gasteiger partial charge in [0.05, 0.1) is 5.97 Å². The molecule has 0 atom stereocenters. The number of rotatable bonds is 1. The van der Waals surface area contributed by atoms with Crippen LogP contribution in [0, 0.1) is 6.92 Å². The number of fused-ring (bicyclic) bond motifs is 1. The first-order valence-corrected chi connectivity index (χ1v) is 4.54. The molecule has 16 heavy (non-hydrogen) atoms. The number of aromatic carboxylic acids is 1. The molecule has 76 valence electrons. The predicted octanol–water partition coefficient (Wildman–Crippen LogP) is -1.78. The minimum Gasteiger partial charge on any atom is -0.545 e. The third-order valence-corrected chi connectivity index (χ3v) is 2.49. The molecule has 0 saturated heterocycles. The van der Waals surface area contributed by atoms with Crippen molar-refractivity contribution in [2.24, 2.45) is 0 Å². The first-order chi connectivity index (χ1) is 7.11. The van der Waals surface area contributed by atoms with Gasteiger partial charge in [-0.05, 0) is 29.3 Å². The van der Waals surface area contributed by atoms with E-state index < -0.39 is 5.97 Å². The molecule has 1 N–H and O–H groups in total. The molecule has 2 rings (SSSR count). The number of carboxylic acids is 1. The van der Waals surface area contributed by atoms with Gasteiger partial charge in [-0.1, -0.05) is 24.3 Å². The summed E-state index contributed by atoms with van der Waals surface area (Å²) < 4.78 is 0. The maximum Gasteiger partial charge on any atom is 1.00 e. The summed E-state index contributed by atoms with van der Waals surface area (Å²) in [6, 6.07) is 8.72. The molecule has 0 heterocycles. The molecule has 4 heteroatoms. The third kappa shape index (κ3) is 2.07. The molecule has 0 fully saturated rings. The Kier molecular flexibility index (Phi) is 3.97. The molecule has 2 aromatic rings. The first kappa shape index (κ1) is 13.0. The molecule has 0 spiro atoms. The van der Waals surface area contributed by atoms with Crippen LogP contribution in [-0.2, 0) is 0 Å². The summed E-state index contributed by atoms with van der Waals surface area (Å²) >= 11 is 0. The molecule has 0 unspecified atom stereocenters. The Bertz CT molecular complexity index is 549. The minimum atomic E-state index is -1.36. The van der Waals surface area contributed by atoms with Gasteiger partial charge < -0.3 is 15.0 Å². The van der Waals surface area contributed by atoms with E-state index in [0.29, 0.717) is 5.56 Å². The van der Waals surface area contributed by atoms with Crippen molar-refractivity contribution in [2.45, 2.75) is 6.92 Å². The van der Waals surface area contributed by atoms with Gasteiger partial charge in [-0.15, -0.1) is 0 Å². The van der Waals surface area contributed by atoms with Crippen molar-refractivity contribution >= 4 is 16.7 Å². The van der Waals surface area contributed by atoms with Crippen LogP contribution in [0.4, 0.5) is 0 Å². The van der Waals surface area contributed by atoms with Crippen LogP contribution in [0.3, 0.4) is 0 Å². The van der Waals surface area contributed by atoms with E-state index in [4.69, 9.17) is 0 Å². The Morgan fingerprint density at radius 1 is 1.31 bits per heavy atom. The number of hydrogen-bond donors (Lipinski definition) is 1. The summed E-state index contributed by atoms with van der Waals surface area (Å²) in [6.07, 6.45) is 0. The number of aromatic hydroxyl groups is 1. The summed E-state index contributed by atoms with van der Waals surface area (Å²) in [4.78, 5) is 10.7. The molecule has 0 bridgehead atoms. The summed E-state index contributed by atoms with van der Waals surface area (Å²) in [7, 11) is 0. The number of aryl methyl sites for hydroxylation is 1. The van der Waals surface area contributed by atoms with Gasteiger partial charge in [-0.2, -0.15) is 0 Å². The van der Waals surface area contributed by atoms with E-state index in [-0.39, 0.29) is 40.9 Å². The Balaban J connectivity index is 0.00000128. The van der Waals surface area contributed by atoms with Crippen molar-refractivity contribution < 1.29 is 44.6 Å². The summed E-state index contributed by atoms with van der Waals surface area (Å²) in [5.41, 5.74) is 0.401. The van der Waals surface area contributed by atoms with Crippen LogP contribution < -0.4 is 34.7 Å². The third-order valence-electron chi connectivity index (χ3n) is 2.49. The molecule has 3 nitrogen and oxygen atoms in total. The number of hydrogen-bond acceptors (Lipinski definition) is 3. The normalized spacial score (nSPS) is 9.81. The van der Waals surface area contributed by atoms with Gasteiger partial charge in [-0.3, -0.25) is 0 Å². The second kappa shape index (κ2) is 4.87. The van der Waals surface area contributed by atoms with Crippen LogP contribution in [0.1, 0.15) is 15.9 Å². The van der Waals surface area contributed by atoms with E-state index in [1.807, 2.05) is 18.2 Å². The number of phenols is 1. The van der Waals surface area contributed by atoms with Crippen LogP contribution >= 0.6 is 0 Å². The Hall–Kier alpha value is -1.03. The predicted molar refractivity (Wildman–Crippen MR) is 54.7 cm³/mol. The number of benzene rings is 2. The van der Waals surface area contributed by atoms with Crippen molar-refractivity contribution in [1.29, 1.82) is 0 Å². The van der Waals surface area contributed by atoms with Gasteiger partial charge in [0.15, 0.2) is 0 Å². The molecule has 2 aromatic carbocycles. The molecule has 0 aliphatic rings. The van der Waals surface area contributed by atoms with Gasteiger partial charge in [0, 0.05) is 5.56 Å². The van der Waals surface area contributed by atoms with Crippen molar-refractivity contribution in [2.75, 3.05) is 0 Å². The van der Waals surface area contributed by atoms with E-state index in [0.717, 1.165) is 10.8 Å². The van der Waals surface area contributed by atoms with E-state index in [1.54, 1.807) is 13.0 Å². The van der Waals surface area contributed by atoms with Gasteiger partial charge in [0.1, 0.15) is 5.75 Å². The Morgan fingerprint density at radius 3 is 2.56 bits per heavy atom. The smallest absolute Gasteiger partial charge is 0.545 e. The van der Waals surface area contributed by atoms with Crippen molar-refractivity contribution in [1.82, 2.24) is 0 Å². The fourth-order valence-electron chi connectivity index (χ4n) is 1.67. The average Bonchev–Trinajstić information content (AvgIpc) is 2.23. The van der Waals surface area contributed by atoms with Crippen molar-refractivity contribution in [3.63, 3.8) is 0 Å². The molecular weight excluding hydrogens is 215 g/mol. The average molecular weight is 224 g/mol. The number of carbonyl (C=O) groups is 1. The maximum absolute atomic E-state index is 10.7. The molecule has 0 saturated carbocycles. The van der Waals surface area contributed by atoms with E-state index in [9.17, 15) is 15.0 Å². The van der Waals surface area contributed by atoms with Crippen LogP contribution in [-0.4, -0.2) is 11.1 Å². The standard InChI is InChI=1S/C12H10O3.Na/c1-7-9-5-3-2-4-8(9)6-10(11(7)13)12(14)15;/h2-6,13H,1H3,(H,14,15);/q;+1/p-1. The zero-order chi connectivity index (χ0) is 11.0. The van der Waals surface area contributed by atoms with Gasteiger partial charge in [0.25, 0.3) is 0 Å². The molecule has 0 radical (unpaired) electrons. The number of carbonyl (C=O) groups excluding carboxylic acids is 1. The van der Waals surface area contributed by atoms with Gasteiger partial charge in [-0.25, -0.2) is 0 Å². The first-order valence-electron chi connectivity index (χ1n) is 4.54. The van der Waals surface area contributed by atoms with Crippen molar-refractivity contribution in [3.8, 4) is 5.75 Å². The Labute approximate surface area is 115 Å². The fourth-order valence-corrected chi connectivity index (χ4v) is 1.67. The van der Waals surface area contributed by atoms with Crippen LogP contribution in [0.5, 0.6) is 5.75 Å². The summed E-state index contributed by atoms with van der Waals surface area (Å²) in [6.45, 7) is 1.68. The summed E-state index contributed by atoms with van der Waals surface area (Å²) in [5, 5.41) is 22.0. The van der Waals surface area contributed by atoms with E-state index >= 15 is 0 Å². The zero-order valence-corrected chi connectivity index (χ0v) is 11.2. The number of carboxylic acid groups (broad SMARTS) is 1. The van der Waals surface area contributed by atoms with Crippen LogP contribution in [0.2, 0.25) is 0 Å². The maximum atomic E-state index is 10.7. The largest absolute Gasteiger partial charge is 1.00 e. The zero-order valence-electron chi connectivity index (χ0n) is 9.15. The van der Waals surface area contributed by atoms with Crippen molar-refractivity contribution in [3.05, 3.63) is 41.5 Å². The van der Waals surface area contributed by atoms with E-state index in [2.05, 4.69) is 0 Å². The van der Waals surface area contributed by atoms with Crippen LogP contribution in [0.25, 0.3) is 10.8 Å². The fraction of sp³-hybridized carbons (Fsp3) is 0.0833. The topological polar surface area (TPSA) is 60.4 Å². The SMILES string of the molecule is Cc1c(O)c(C(=O)[O-])cc2ccccc12.[Na+]. The quantitative estimate of drug-likeness (QED) is 0.583. The second-order valence-corrected chi connectivity index (χ2v) is 3.41. The van der Waals surface area contributed by atoms with E-state index in [1.165, 1.54) is 6.07 Å². The minimum absolute atomic E-state index is 0. The second-order valence-electron chi connectivity index (χ2n) is 3.41. The monoisotopic (exact) mass is 224 g/mol.